The fourth-order valence-electron chi connectivity index (χ4n) is 1.83. The summed E-state index contributed by atoms with van der Waals surface area (Å²) in [6, 6.07) is 0. The van der Waals surface area contributed by atoms with Crippen LogP contribution in [0.5, 0.6) is 0 Å². The third kappa shape index (κ3) is 14.3. The summed E-state index contributed by atoms with van der Waals surface area (Å²) in [6.45, 7) is 0. The SMILES string of the molecule is [C]1=C/C=C/C=C\C=C\C=C\C=C\C=C/C=C/C=C/C=C/CCCC/1. The summed E-state index contributed by atoms with van der Waals surface area (Å²) in [5, 5.41) is 0. The Hall–Kier alpha value is -2.60. The molecule has 1 radical (unpaired) electrons. The Labute approximate surface area is 147 Å². The minimum atomic E-state index is 1.02. The molecule has 0 aromatic carbocycles. The molecule has 0 aromatic heterocycles. The Morgan fingerprint density at radius 3 is 1.33 bits per heavy atom. The van der Waals surface area contributed by atoms with Gasteiger partial charge in [-0.3, -0.25) is 0 Å². The molecule has 0 saturated carbocycles. The van der Waals surface area contributed by atoms with Gasteiger partial charge in [0.1, 0.15) is 0 Å². The summed E-state index contributed by atoms with van der Waals surface area (Å²) >= 11 is 0. The molecule has 0 unspecified atom stereocenters. The molecule has 0 heterocycles. The van der Waals surface area contributed by atoms with Crippen LogP contribution in [0.4, 0.5) is 0 Å². The number of rotatable bonds is 0. The van der Waals surface area contributed by atoms with E-state index < -0.39 is 0 Å². The molecule has 0 fully saturated rings. The predicted octanol–water partition coefficient (Wildman–Crippen LogP) is 6.93. The van der Waals surface area contributed by atoms with Crippen LogP contribution in [0.1, 0.15) is 25.7 Å². The van der Waals surface area contributed by atoms with Crippen LogP contribution in [0.3, 0.4) is 0 Å². The van der Waals surface area contributed by atoms with Crippen molar-refractivity contribution in [2.75, 3.05) is 0 Å². The predicted molar refractivity (Wildman–Crippen MR) is 109 cm³/mol. The van der Waals surface area contributed by atoms with E-state index >= 15 is 0 Å². The highest BCUT2D eigenvalue weighted by atomic mass is 13.9. The molecule has 0 amide bonds. The second-order valence-corrected chi connectivity index (χ2v) is 5.12. The first kappa shape index (κ1) is 19.4. The van der Waals surface area contributed by atoms with Crippen LogP contribution in [0.15, 0.2) is 115 Å². The van der Waals surface area contributed by atoms with Crippen LogP contribution in [0.25, 0.3) is 0 Å². The van der Waals surface area contributed by atoms with Gasteiger partial charge in [0.2, 0.25) is 0 Å². The lowest BCUT2D eigenvalue weighted by atomic mass is 10.2. The molecule has 123 valence electrons. The molecule has 0 heteroatoms. The van der Waals surface area contributed by atoms with Crippen molar-refractivity contribution in [2.45, 2.75) is 25.7 Å². The number of hydrogen-bond donors (Lipinski definition) is 0. The lowest BCUT2D eigenvalue weighted by Gasteiger charge is -1.91. The number of allylic oxidation sites excluding steroid dienone is 20. The largest absolute Gasteiger partial charge is 0.0845 e. The first-order valence-corrected chi connectivity index (χ1v) is 8.55. The van der Waals surface area contributed by atoms with Crippen molar-refractivity contribution in [3.63, 3.8) is 0 Å². The third-order valence-electron chi connectivity index (χ3n) is 3.07. The first-order chi connectivity index (χ1) is 12.0. The lowest BCUT2D eigenvalue weighted by Crippen LogP contribution is -1.72. The summed E-state index contributed by atoms with van der Waals surface area (Å²) in [4.78, 5) is 0. The molecule has 0 spiro atoms. The molecular formula is C24H27. The second-order valence-electron chi connectivity index (χ2n) is 5.12. The quantitative estimate of drug-likeness (QED) is 0.455. The minimum Gasteiger partial charge on any atom is -0.0845 e. The van der Waals surface area contributed by atoms with E-state index in [0.29, 0.717) is 0 Å². The molecule has 0 nitrogen and oxygen atoms in total. The molecule has 1 rings (SSSR count). The highest BCUT2D eigenvalue weighted by molar-refractivity contribution is 5.22. The first-order valence-electron chi connectivity index (χ1n) is 8.55. The van der Waals surface area contributed by atoms with Crippen molar-refractivity contribution in [1.29, 1.82) is 0 Å². The van der Waals surface area contributed by atoms with E-state index in [1.807, 2.05) is 97.2 Å². The molecule has 0 saturated heterocycles. The van der Waals surface area contributed by atoms with Gasteiger partial charge in [-0.1, -0.05) is 115 Å². The molecule has 0 N–H and O–H groups in total. The van der Waals surface area contributed by atoms with E-state index in [9.17, 15) is 0 Å². The standard InChI is InChI=1S/C24H27/c1-2-4-6-8-10-12-14-16-18-20-22-24-23-21-19-17-15-13-11-9-7-5-3-1/h1-19H,20,22-24H2/b2-1+,5-3+,6-4-,9-7+,10-8+,13-11-,14-12+,17-15+,18-16+,21-19?. The second kappa shape index (κ2) is 16.8. The minimum absolute atomic E-state index is 1.02. The van der Waals surface area contributed by atoms with E-state index in [-0.39, 0.29) is 0 Å². The van der Waals surface area contributed by atoms with Gasteiger partial charge in [0.15, 0.2) is 0 Å². The Bertz CT molecular complexity index is 528. The zero-order valence-electron chi connectivity index (χ0n) is 14.3. The normalized spacial score (nSPS) is 30.7. The molecule has 1 aliphatic carbocycles. The maximum absolute atomic E-state index is 3.30. The fourth-order valence-corrected chi connectivity index (χ4v) is 1.83. The topological polar surface area (TPSA) is 0 Å². The fraction of sp³-hybridized carbons (Fsp3) is 0.167. The highest BCUT2D eigenvalue weighted by Gasteiger charge is 1.82. The molecule has 0 aromatic rings. The van der Waals surface area contributed by atoms with Crippen molar-refractivity contribution in [3.8, 4) is 0 Å². The molecule has 0 bridgehead atoms. The molecule has 1 aliphatic rings. The average molecular weight is 315 g/mol. The van der Waals surface area contributed by atoms with Gasteiger partial charge in [0.05, 0.1) is 0 Å². The summed E-state index contributed by atoms with van der Waals surface area (Å²) < 4.78 is 0. The van der Waals surface area contributed by atoms with Gasteiger partial charge in [-0.15, -0.1) is 0 Å². The lowest BCUT2D eigenvalue weighted by molar-refractivity contribution is 0.754. The Kier molecular flexibility index (Phi) is 13.6. The van der Waals surface area contributed by atoms with Crippen molar-refractivity contribution in [2.24, 2.45) is 0 Å². The van der Waals surface area contributed by atoms with Crippen molar-refractivity contribution in [1.82, 2.24) is 0 Å². The summed E-state index contributed by atoms with van der Waals surface area (Å²) in [5.41, 5.74) is 0. The van der Waals surface area contributed by atoms with Crippen LogP contribution < -0.4 is 0 Å². The molecule has 24 heavy (non-hydrogen) atoms. The Morgan fingerprint density at radius 1 is 0.417 bits per heavy atom. The van der Waals surface area contributed by atoms with E-state index in [1.54, 1.807) is 0 Å². The average Bonchev–Trinajstić information content (AvgIpc) is 2.59. The Morgan fingerprint density at radius 2 is 0.833 bits per heavy atom. The third-order valence-corrected chi connectivity index (χ3v) is 3.07. The van der Waals surface area contributed by atoms with E-state index in [2.05, 4.69) is 24.3 Å². The molecular weight excluding hydrogens is 288 g/mol. The van der Waals surface area contributed by atoms with Gasteiger partial charge < -0.3 is 0 Å². The van der Waals surface area contributed by atoms with Gasteiger partial charge in [-0.2, -0.15) is 0 Å². The van der Waals surface area contributed by atoms with Crippen molar-refractivity contribution >= 4 is 0 Å². The summed E-state index contributed by atoms with van der Waals surface area (Å²) in [6.07, 6.45) is 46.5. The zero-order chi connectivity index (χ0) is 17.0. The Balaban J connectivity index is 2.54. The maximum atomic E-state index is 3.30. The van der Waals surface area contributed by atoms with Crippen LogP contribution in [-0.2, 0) is 0 Å². The van der Waals surface area contributed by atoms with Crippen LogP contribution in [0, 0.1) is 6.08 Å². The van der Waals surface area contributed by atoms with E-state index in [1.165, 1.54) is 12.8 Å². The van der Waals surface area contributed by atoms with Gasteiger partial charge in [0, 0.05) is 0 Å². The monoisotopic (exact) mass is 315 g/mol. The van der Waals surface area contributed by atoms with Crippen LogP contribution in [0.2, 0.25) is 0 Å². The zero-order valence-corrected chi connectivity index (χ0v) is 14.3. The summed E-state index contributed by atoms with van der Waals surface area (Å²) in [7, 11) is 0. The van der Waals surface area contributed by atoms with Gasteiger partial charge in [0.25, 0.3) is 0 Å². The number of hydrogen-bond acceptors (Lipinski definition) is 0. The smallest absolute Gasteiger partial charge is 0.0276 e. The van der Waals surface area contributed by atoms with Crippen molar-refractivity contribution < 1.29 is 0 Å². The van der Waals surface area contributed by atoms with Crippen molar-refractivity contribution in [3.05, 3.63) is 122 Å². The van der Waals surface area contributed by atoms with Gasteiger partial charge in [-0.05, 0) is 31.8 Å². The van der Waals surface area contributed by atoms with Crippen LogP contribution >= 0.6 is 0 Å². The van der Waals surface area contributed by atoms with Gasteiger partial charge >= 0.3 is 0 Å². The van der Waals surface area contributed by atoms with Crippen LogP contribution in [-0.4, -0.2) is 0 Å². The molecule has 0 aliphatic heterocycles. The van der Waals surface area contributed by atoms with Gasteiger partial charge in [-0.25, -0.2) is 0 Å². The van der Waals surface area contributed by atoms with E-state index in [0.717, 1.165) is 12.8 Å². The summed E-state index contributed by atoms with van der Waals surface area (Å²) in [5.74, 6) is 0. The van der Waals surface area contributed by atoms with E-state index in [4.69, 9.17) is 0 Å². The molecule has 0 atom stereocenters. The maximum Gasteiger partial charge on any atom is -0.0276 e. The highest BCUT2D eigenvalue weighted by Crippen LogP contribution is 2.01.